The van der Waals surface area contributed by atoms with E-state index >= 15 is 0 Å². The SMILES string of the molecule is CCCC(NCc1ccc(F)cc1C(F)(F)F)C(=O)O. The molecule has 1 aromatic carbocycles. The smallest absolute Gasteiger partial charge is 0.416 e. The third-order valence-electron chi connectivity index (χ3n) is 2.79. The maximum Gasteiger partial charge on any atom is 0.416 e. The first-order valence-electron chi connectivity index (χ1n) is 6.07. The minimum absolute atomic E-state index is 0.179. The van der Waals surface area contributed by atoms with Crippen molar-refractivity contribution < 1.29 is 27.5 Å². The molecule has 7 heteroatoms. The standard InChI is InChI=1S/C13H15F4NO2/c1-2-3-11(12(19)20)18-7-8-4-5-9(14)6-10(8)13(15,16)17/h4-6,11,18H,2-3,7H2,1H3,(H,19,20). The second-order valence-corrected chi connectivity index (χ2v) is 4.36. The number of halogens is 4. The third kappa shape index (κ3) is 4.48. The molecule has 3 nitrogen and oxygen atoms in total. The molecule has 0 aliphatic rings. The van der Waals surface area contributed by atoms with Crippen LogP contribution >= 0.6 is 0 Å². The molecule has 0 heterocycles. The zero-order chi connectivity index (χ0) is 15.3. The predicted octanol–water partition coefficient (Wildman–Crippen LogP) is 3.19. The molecule has 0 fully saturated rings. The number of rotatable bonds is 6. The van der Waals surface area contributed by atoms with Gasteiger partial charge < -0.3 is 10.4 Å². The molecule has 0 bridgehead atoms. The van der Waals surface area contributed by atoms with Crippen LogP contribution in [0.3, 0.4) is 0 Å². The quantitative estimate of drug-likeness (QED) is 0.792. The Hall–Kier alpha value is -1.63. The van der Waals surface area contributed by atoms with Crippen LogP contribution in [0, 0.1) is 5.82 Å². The third-order valence-corrected chi connectivity index (χ3v) is 2.79. The molecule has 1 atom stereocenters. The zero-order valence-electron chi connectivity index (χ0n) is 10.8. The van der Waals surface area contributed by atoms with Crippen molar-refractivity contribution in [2.24, 2.45) is 0 Å². The first-order valence-corrected chi connectivity index (χ1v) is 6.07. The number of benzene rings is 1. The average Bonchev–Trinajstić information content (AvgIpc) is 2.34. The molecule has 0 saturated carbocycles. The van der Waals surface area contributed by atoms with Crippen LogP contribution in [0.1, 0.15) is 30.9 Å². The number of carbonyl (C=O) groups is 1. The molecule has 0 aliphatic carbocycles. The van der Waals surface area contributed by atoms with Gasteiger partial charge in [-0.25, -0.2) is 4.39 Å². The summed E-state index contributed by atoms with van der Waals surface area (Å²) in [5.41, 5.74) is -1.27. The van der Waals surface area contributed by atoms with Gasteiger partial charge in [-0.1, -0.05) is 19.4 Å². The molecule has 2 N–H and O–H groups in total. The van der Waals surface area contributed by atoms with E-state index in [0.717, 1.165) is 12.1 Å². The maximum atomic E-state index is 12.9. The largest absolute Gasteiger partial charge is 0.480 e. The first-order chi connectivity index (χ1) is 9.25. The number of hydrogen-bond donors (Lipinski definition) is 2. The molecule has 0 aliphatic heterocycles. The summed E-state index contributed by atoms with van der Waals surface area (Å²) >= 11 is 0. The van der Waals surface area contributed by atoms with Gasteiger partial charge in [-0.2, -0.15) is 13.2 Å². The monoisotopic (exact) mass is 293 g/mol. The van der Waals surface area contributed by atoms with E-state index in [0.29, 0.717) is 18.9 Å². The molecule has 0 aromatic heterocycles. The van der Waals surface area contributed by atoms with E-state index in [4.69, 9.17) is 5.11 Å². The van der Waals surface area contributed by atoms with Crippen molar-refractivity contribution in [3.8, 4) is 0 Å². The molecular formula is C13H15F4NO2. The van der Waals surface area contributed by atoms with Crippen LogP contribution in [0.15, 0.2) is 18.2 Å². The number of carboxylic acids is 1. The van der Waals surface area contributed by atoms with Gasteiger partial charge in [0.25, 0.3) is 0 Å². The van der Waals surface area contributed by atoms with Crippen molar-refractivity contribution in [2.75, 3.05) is 0 Å². The highest BCUT2D eigenvalue weighted by molar-refractivity contribution is 5.73. The van der Waals surface area contributed by atoms with Gasteiger partial charge in [-0.05, 0) is 24.1 Å². The predicted molar refractivity (Wildman–Crippen MR) is 64.6 cm³/mol. The van der Waals surface area contributed by atoms with E-state index in [-0.39, 0.29) is 12.1 Å². The molecule has 0 radical (unpaired) electrons. The van der Waals surface area contributed by atoms with Crippen molar-refractivity contribution in [1.82, 2.24) is 5.32 Å². The molecule has 0 amide bonds. The lowest BCUT2D eigenvalue weighted by atomic mass is 10.1. The average molecular weight is 293 g/mol. The normalized spacial score (nSPS) is 13.2. The molecule has 1 aromatic rings. The lowest BCUT2D eigenvalue weighted by molar-refractivity contribution is -0.139. The first kappa shape index (κ1) is 16.4. The molecule has 0 saturated heterocycles. The van der Waals surface area contributed by atoms with Crippen molar-refractivity contribution in [1.29, 1.82) is 0 Å². The summed E-state index contributed by atoms with van der Waals surface area (Å²) in [7, 11) is 0. The maximum absolute atomic E-state index is 12.9. The highest BCUT2D eigenvalue weighted by Gasteiger charge is 2.33. The van der Waals surface area contributed by atoms with Crippen molar-refractivity contribution >= 4 is 5.97 Å². The molecule has 20 heavy (non-hydrogen) atoms. The van der Waals surface area contributed by atoms with Crippen LogP contribution in [0.5, 0.6) is 0 Å². The van der Waals surface area contributed by atoms with Gasteiger partial charge in [0.05, 0.1) is 5.56 Å². The number of alkyl halides is 3. The number of aliphatic carboxylic acids is 1. The summed E-state index contributed by atoms with van der Waals surface area (Å²) in [6.45, 7) is 1.49. The van der Waals surface area contributed by atoms with E-state index in [1.54, 1.807) is 6.92 Å². The van der Waals surface area contributed by atoms with Crippen molar-refractivity contribution in [3.05, 3.63) is 35.1 Å². The van der Waals surface area contributed by atoms with Gasteiger partial charge in [0.1, 0.15) is 11.9 Å². The Kier molecular flexibility index (Phi) is 5.50. The van der Waals surface area contributed by atoms with Crippen LogP contribution in [0.2, 0.25) is 0 Å². The molecule has 1 rings (SSSR count). The summed E-state index contributed by atoms with van der Waals surface area (Å²) in [6.07, 6.45) is -3.79. The molecule has 0 spiro atoms. The fraction of sp³-hybridized carbons (Fsp3) is 0.462. The lowest BCUT2D eigenvalue weighted by Gasteiger charge is -2.17. The molecule has 1 unspecified atom stereocenters. The van der Waals surface area contributed by atoms with Gasteiger partial charge in [0.15, 0.2) is 0 Å². The second-order valence-electron chi connectivity index (χ2n) is 4.36. The summed E-state index contributed by atoms with van der Waals surface area (Å²) in [5, 5.41) is 11.5. The Labute approximate surface area is 113 Å². The van der Waals surface area contributed by atoms with E-state index in [2.05, 4.69) is 5.32 Å². The van der Waals surface area contributed by atoms with Crippen molar-refractivity contribution in [3.63, 3.8) is 0 Å². The van der Waals surface area contributed by atoms with Gasteiger partial charge in [0, 0.05) is 6.54 Å². The van der Waals surface area contributed by atoms with Gasteiger partial charge in [0.2, 0.25) is 0 Å². The Balaban J connectivity index is 2.89. The lowest BCUT2D eigenvalue weighted by Crippen LogP contribution is -2.36. The Morgan fingerprint density at radius 1 is 1.40 bits per heavy atom. The second kappa shape index (κ2) is 6.69. The van der Waals surface area contributed by atoms with E-state index in [9.17, 15) is 22.4 Å². The Morgan fingerprint density at radius 3 is 2.55 bits per heavy atom. The Bertz CT molecular complexity index is 474. The topological polar surface area (TPSA) is 49.3 Å². The van der Waals surface area contributed by atoms with E-state index in [1.165, 1.54) is 0 Å². The fourth-order valence-electron chi connectivity index (χ4n) is 1.80. The number of nitrogens with one attached hydrogen (secondary N) is 1. The highest BCUT2D eigenvalue weighted by atomic mass is 19.4. The number of carboxylic acid groups (broad SMARTS) is 1. The minimum Gasteiger partial charge on any atom is -0.480 e. The highest BCUT2D eigenvalue weighted by Crippen LogP contribution is 2.32. The minimum atomic E-state index is -4.68. The van der Waals surface area contributed by atoms with Gasteiger partial charge in [-0.3, -0.25) is 4.79 Å². The van der Waals surface area contributed by atoms with E-state index in [1.807, 2.05) is 0 Å². The number of hydrogen-bond acceptors (Lipinski definition) is 2. The van der Waals surface area contributed by atoms with Crippen LogP contribution < -0.4 is 5.32 Å². The van der Waals surface area contributed by atoms with Gasteiger partial charge >= 0.3 is 12.1 Å². The summed E-state index contributed by atoms with van der Waals surface area (Å²) in [6, 6.07) is 1.41. The van der Waals surface area contributed by atoms with Crippen LogP contribution in [-0.2, 0) is 17.5 Å². The molecular weight excluding hydrogens is 278 g/mol. The van der Waals surface area contributed by atoms with Crippen LogP contribution in [-0.4, -0.2) is 17.1 Å². The summed E-state index contributed by atoms with van der Waals surface area (Å²) in [4.78, 5) is 10.9. The van der Waals surface area contributed by atoms with Crippen LogP contribution in [0.25, 0.3) is 0 Å². The zero-order valence-corrected chi connectivity index (χ0v) is 10.8. The van der Waals surface area contributed by atoms with Crippen LogP contribution in [0.4, 0.5) is 17.6 Å². The summed E-state index contributed by atoms with van der Waals surface area (Å²) < 4.78 is 51.2. The fourth-order valence-corrected chi connectivity index (χ4v) is 1.80. The summed E-state index contributed by atoms with van der Waals surface area (Å²) in [5.74, 6) is -2.10. The van der Waals surface area contributed by atoms with Crippen molar-refractivity contribution in [2.45, 2.75) is 38.5 Å². The molecule has 112 valence electrons. The van der Waals surface area contributed by atoms with Gasteiger partial charge in [-0.15, -0.1) is 0 Å². The Morgan fingerprint density at radius 2 is 2.05 bits per heavy atom. The van der Waals surface area contributed by atoms with E-state index < -0.39 is 29.6 Å².